The van der Waals surface area contributed by atoms with E-state index in [1.165, 1.54) is 19.1 Å². The van der Waals surface area contributed by atoms with Gasteiger partial charge < -0.3 is 15.2 Å². The maximum atomic E-state index is 12.8. The number of carbonyl (C=O) groups excluding carboxylic acids is 3. The molecule has 0 radical (unpaired) electrons. The highest BCUT2D eigenvalue weighted by Crippen LogP contribution is 2.33. The van der Waals surface area contributed by atoms with Crippen LogP contribution in [0, 0.1) is 0 Å². The molecule has 0 atom stereocenters. The maximum Gasteiger partial charge on any atom is 0.301 e. The van der Waals surface area contributed by atoms with Crippen molar-refractivity contribution in [3.63, 3.8) is 0 Å². The molecule has 7 heteroatoms. The van der Waals surface area contributed by atoms with E-state index in [0.29, 0.717) is 29.3 Å². The zero-order chi connectivity index (χ0) is 20.3. The first-order valence-corrected chi connectivity index (χ1v) is 8.85. The number of benzene rings is 2. The van der Waals surface area contributed by atoms with Gasteiger partial charge in [0, 0.05) is 12.6 Å². The zero-order valence-electron chi connectivity index (χ0n) is 15.6. The lowest BCUT2D eigenvalue weighted by atomic mass is 10.1. The minimum absolute atomic E-state index is 0.0574. The molecule has 0 aromatic heterocycles. The largest absolute Gasteiger partial charge is 0.502 e. The van der Waals surface area contributed by atoms with Gasteiger partial charge in [-0.3, -0.25) is 14.4 Å². The van der Waals surface area contributed by atoms with Crippen LogP contribution in [-0.2, 0) is 14.4 Å². The van der Waals surface area contributed by atoms with Crippen LogP contribution in [0.15, 0.2) is 54.3 Å². The number of nitrogens with zero attached hydrogens (tertiary/aromatic N) is 1. The fourth-order valence-corrected chi connectivity index (χ4v) is 2.85. The Labute approximate surface area is 162 Å². The highest BCUT2D eigenvalue weighted by molar-refractivity contribution is 6.44. The van der Waals surface area contributed by atoms with Crippen molar-refractivity contribution in [1.82, 2.24) is 0 Å². The summed E-state index contributed by atoms with van der Waals surface area (Å²) in [5, 5.41) is 12.9. The SMILES string of the molecule is CCCOc1ccc(C2=C(O)C(=O)N(c3ccc(NC(C)=O)cc3)C2=O)cc1. The Bertz CT molecular complexity index is 946. The molecule has 7 nitrogen and oxygen atoms in total. The summed E-state index contributed by atoms with van der Waals surface area (Å²) in [5.41, 5.74) is 1.21. The molecule has 2 aromatic rings. The molecule has 0 saturated carbocycles. The van der Waals surface area contributed by atoms with Gasteiger partial charge in [0.25, 0.3) is 5.91 Å². The average molecular weight is 380 g/mol. The number of nitrogens with one attached hydrogen (secondary N) is 1. The highest BCUT2D eigenvalue weighted by Gasteiger charge is 2.40. The Balaban J connectivity index is 1.84. The van der Waals surface area contributed by atoms with Crippen molar-refractivity contribution >= 4 is 34.7 Å². The summed E-state index contributed by atoms with van der Waals surface area (Å²) in [4.78, 5) is 37.3. The zero-order valence-corrected chi connectivity index (χ0v) is 15.6. The topological polar surface area (TPSA) is 95.9 Å². The van der Waals surface area contributed by atoms with Gasteiger partial charge >= 0.3 is 5.91 Å². The van der Waals surface area contributed by atoms with Crippen LogP contribution in [0.3, 0.4) is 0 Å². The Morgan fingerprint density at radius 1 is 1.04 bits per heavy atom. The van der Waals surface area contributed by atoms with E-state index in [-0.39, 0.29) is 11.5 Å². The lowest BCUT2D eigenvalue weighted by Gasteiger charge is -2.15. The smallest absolute Gasteiger partial charge is 0.301 e. The van der Waals surface area contributed by atoms with Gasteiger partial charge in [0.05, 0.1) is 17.9 Å². The number of aliphatic hydroxyl groups excluding tert-OH is 1. The molecule has 144 valence electrons. The van der Waals surface area contributed by atoms with Crippen LogP contribution in [0.2, 0.25) is 0 Å². The molecule has 0 aliphatic carbocycles. The maximum absolute atomic E-state index is 12.8. The van der Waals surface area contributed by atoms with Crippen LogP contribution in [0.5, 0.6) is 5.75 Å². The minimum atomic E-state index is -0.793. The van der Waals surface area contributed by atoms with Gasteiger partial charge in [-0.2, -0.15) is 0 Å². The van der Waals surface area contributed by atoms with Crippen molar-refractivity contribution in [3.8, 4) is 5.75 Å². The van der Waals surface area contributed by atoms with Crippen molar-refractivity contribution in [3.05, 3.63) is 59.9 Å². The molecule has 1 aliphatic rings. The number of rotatable bonds is 6. The Hall–Kier alpha value is -3.61. The van der Waals surface area contributed by atoms with E-state index in [4.69, 9.17) is 4.74 Å². The van der Waals surface area contributed by atoms with Crippen molar-refractivity contribution in [1.29, 1.82) is 0 Å². The van der Waals surface area contributed by atoms with E-state index in [1.807, 2.05) is 6.92 Å². The van der Waals surface area contributed by atoms with E-state index >= 15 is 0 Å². The molecule has 2 N–H and O–H groups in total. The monoisotopic (exact) mass is 380 g/mol. The summed E-state index contributed by atoms with van der Waals surface area (Å²) in [5.74, 6) is -1.59. The highest BCUT2D eigenvalue weighted by atomic mass is 16.5. The molecule has 1 heterocycles. The second kappa shape index (κ2) is 7.96. The molecule has 3 amide bonds. The minimum Gasteiger partial charge on any atom is -0.502 e. The van der Waals surface area contributed by atoms with Crippen LogP contribution in [0.4, 0.5) is 11.4 Å². The number of hydrogen-bond donors (Lipinski definition) is 2. The third kappa shape index (κ3) is 3.73. The van der Waals surface area contributed by atoms with E-state index in [1.54, 1.807) is 36.4 Å². The lowest BCUT2D eigenvalue weighted by molar-refractivity contribution is -0.121. The molecular formula is C21H20N2O5. The normalized spacial score (nSPS) is 13.9. The van der Waals surface area contributed by atoms with Crippen LogP contribution in [-0.4, -0.2) is 29.4 Å². The summed E-state index contributed by atoms with van der Waals surface area (Å²) >= 11 is 0. The molecule has 0 saturated heterocycles. The average Bonchev–Trinajstić information content (AvgIpc) is 2.90. The van der Waals surface area contributed by atoms with E-state index in [0.717, 1.165) is 11.3 Å². The summed E-state index contributed by atoms with van der Waals surface area (Å²) in [6, 6.07) is 12.8. The number of carbonyl (C=O) groups is 3. The van der Waals surface area contributed by atoms with Gasteiger partial charge in [-0.05, 0) is 48.4 Å². The van der Waals surface area contributed by atoms with Crippen molar-refractivity contribution < 1.29 is 24.2 Å². The molecule has 0 fully saturated rings. The molecule has 1 aliphatic heterocycles. The molecule has 0 unspecified atom stereocenters. The van der Waals surface area contributed by atoms with E-state index in [9.17, 15) is 19.5 Å². The molecular weight excluding hydrogens is 360 g/mol. The predicted molar refractivity (Wildman–Crippen MR) is 105 cm³/mol. The van der Waals surface area contributed by atoms with Gasteiger partial charge in [-0.1, -0.05) is 19.1 Å². The predicted octanol–water partition coefficient (Wildman–Crippen LogP) is 3.28. The third-order valence-electron chi connectivity index (χ3n) is 4.12. The number of anilines is 2. The fraction of sp³-hybridized carbons (Fsp3) is 0.190. The van der Waals surface area contributed by atoms with Crippen molar-refractivity contribution in [2.45, 2.75) is 20.3 Å². The van der Waals surface area contributed by atoms with Gasteiger partial charge in [0.15, 0.2) is 5.76 Å². The first kappa shape index (κ1) is 19.2. The molecule has 28 heavy (non-hydrogen) atoms. The second-order valence-electron chi connectivity index (χ2n) is 6.27. The Morgan fingerprint density at radius 2 is 1.68 bits per heavy atom. The standard InChI is InChI=1S/C21H20N2O5/c1-3-12-28-17-10-4-14(5-11-17)18-19(25)21(27)23(20(18)26)16-8-6-15(7-9-16)22-13(2)24/h4-11,25H,3,12H2,1-2H3,(H,22,24). The van der Waals surface area contributed by atoms with Crippen LogP contribution in [0.25, 0.3) is 5.57 Å². The van der Waals surface area contributed by atoms with E-state index < -0.39 is 17.6 Å². The molecule has 3 rings (SSSR count). The first-order valence-electron chi connectivity index (χ1n) is 8.85. The quantitative estimate of drug-likeness (QED) is 0.750. The summed E-state index contributed by atoms with van der Waals surface area (Å²) in [6.07, 6.45) is 0.871. The van der Waals surface area contributed by atoms with Gasteiger partial charge in [-0.25, -0.2) is 4.90 Å². The van der Waals surface area contributed by atoms with Crippen molar-refractivity contribution in [2.75, 3.05) is 16.8 Å². The Kier molecular flexibility index (Phi) is 5.44. The number of ether oxygens (including phenoxy) is 1. The Morgan fingerprint density at radius 3 is 2.25 bits per heavy atom. The number of imide groups is 1. The third-order valence-corrected chi connectivity index (χ3v) is 4.12. The fourth-order valence-electron chi connectivity index (χ4n) is 2.85. The number of amides is 3. The van der Waals surface area contributed by atoms with Crippen LogP contribution >= 0.6 is 0 Å². The number of hydrogen-bond acceptors (Lipinski definition) is 5. The van der Waals surface area contributed by atoms with Crippen LogP contribution < -0.4 is 15.0 Å². The summed E-state index contributed by atoms with van der Waals surface area (Å²) in [7, 11) is 0. The van der Waals surface area contributed by atoms with E-state index in [2.05, 4.69) is 5.32 Å². The van der Waals surface area contributed by atoms with Crippen LogP contribution in [0.1, 0.15) is 25.8 Å². The second-order valence-corrected chi connectivity index (χ2v) is 6.27. The first-order chi connectivity index (χ1) is 13.4. The van der Waals surface area contributed by atoms with Gasteiger partial charge in [0.2, 0.25) is 5.91 Å². The lowest BCUT2D eigenvalue weighted by Crippen LogP contribution is -2.31. The summed E-state index contributed by atoms with van der Waals surface area (Å²) in [6.45, 7) is 3.96. The molecule has 0 spiro atoms. The summed E-state index contributed by atoms with van der Waals surface area (Å²) < 4.78 is 5.51. The molecule has 0 bridgehead atoms. The number of aliphatic hydroxyl groups is 1. The van der Waals surface area contributed by atoms with Gasteiger partial charge in [-0.15, -0.1) is 0 Å². The van der Waals surface area contributed by atoms with Gasteiger partial charge in [0.1, 0.15) is 5.75 Å². The molecule has 2 aromatic carbocycles. The van der Waals surface area contributed by atoms with Crippen molar-refractivity contribution in [2.24, 2.45) is 0 Å².